The standard InChI is InChI=1S/C12H18ClFN4/c1-10-11(14)12(16-9-15-10)18-5-2-4-17(6-3-13)7-8-18/h9H,2-8H2,1H3. The van der Waals surface area contributed by atoms with E-state index in [1.54, 1.807) is 6.92 Å². The molecule has 1 fully saturated rings. The van der Waals surface area contributed by atoms with Crippen molar-refractivity contribution in [1.29, 1.82) is 0 Å². The Morgan fingerprint density at radius 2 is 2.11 bits per heavy atom. The molecule has 0 radical (unpaired) electrons. The van der Waals surface area contributed by atoms with E-state index in [-0.39, 0.29) is 5.82 Å². The Labute approximate surface area is 112 Å². The van der Waals surface area contributed by atoms with Gasteiger partial charge in [-0.2, -0.15) is 0 Å². The number of rotatable bonds is 3. The highest BCUT2D eigenvalue weighted by molar-refractivity contribution is 6.18. The summed E-state index contributed by atoms with van der Waals surface area (Å²) in [4.78, 5) is 12.2. The van der Waals surface area contributed by atoms with Crippen LogP contribution in [-0.2, 0) is 0 Å². The maximum Gasteiger partial charge on any atom is 0.186 e. The van der Waals surface area contributed by atoms with E-state index in [1.165, 1.54) is 6.33 Å². The Kier molecular flexibility index (Phi) is 4.72. The van der Waals surface area contributed by atoms with E-state index >= 15 is 0 Å². The van der Waals surface area contributed by atoms with Crippen molar-refractivity contribution in [3.05, 3.63) is 17.8 Å². The third-order valence-corrected chi connectivity index (χ3v) is 3.40. The fraction of sp³-hybridized carbons (Fsp3) is 0.667. The molecule has 0 atom stereocenters. The van der Waals surface area contributed by atoms with Crippen LogP contribution >= 0.6 is 11.6 Å². The first-order valence-corrected chi connectivity index (χ1v) is 6.76. The average molecular weight is 273 g/mol. The van der Waals surface area contributed by atoms with Crippen molar-refractivity contribution in [2.24, 2.45) is 0 Å². The molecule has 0 bridgehead atoms. The Balaban J connectivity index is 2.07. The van der Waals surface area contributed by atoms with E-state index in [9.17, 15) is 4.39 Å². The summed E-state index contributed by atoms with van der Waals surface area (Å²) in [5.74, 6) is 0.763. The van der Waals surface area contributed by atoms with Crippen LogP contribution in [0.3, 0.4) is 0 Å². The zero-order valence-corrected chi connectivity index (χ0v) is 11.3. The number of hydrogen-bond acceptors (Lipinski definition) is 4. The first-order valence-electron chi connectivity index (χ1n) is 6.22. The number of nitrogens with zero attached hydrogens (tertiary/aromatic N) is 4. The van der Waals surface area contributed by atoms with Crippen LogP contribution in [0.5, 0.6) is 0 Å². The summed E-state index contributed by atoms with van der Waals surface area (Å²) in [5.41, 5.74) is 0.405. The Bertz CT molecular complexity index is 402. The summed E-state index contributed by atoms with van der Waals surface area (Å²) < 4.78 is 14.0. The molecule has 0 saturated carbocycles. The molecule has 1 aromatic rings. The van der Waals surface area contributed by atoms with Gasteiger partial charge in [-0.1, -0.05) is 0 Å². The molecule has 0 amide bonds. The molecule has 4 nitrogen and oxygen atoms in total. The van der Waals surface area contributed by atoms with Gasteiger partial charge < -0.3 is 9.80 Å². The quantitative estimate of drug-likeness (QED) is 0.784. The lowest BCUT2D eigenvalue weighted by Gasteiger charge is -2.22. The third-order valence-electron chi connectivity index (χ3n) is 3.23. The average Bonchev–Trinajstić information content (AvgIpc) is 2.59. The Morgan fingerprint density at radius 3 is 2.89 bits per heavy atom. The van der Waals surface area contributed by atoms with Gasteiger partial charge in [-0.3, -0.25) is 0 Å². The van der Waals surface area contributed by atoms with Gasteiger partial charge in [-0.15, -0.1) is 11.6 Å². The Hall–Kier alpha value is -0.940. The number of halogens is 2. The van der Waals surface area contributed by atoms with Crippen LogP contribution in [0.1, 0.15) is 12.1 Å². The molecule has 100 valence electrons. The van der Waals surface area contributed by atoms with Gasteiger partial charge in [0, 0.05) is 32.1 Å². The largest absolute Gasteiger partial charge is 0.353 e. The summed E-state index contributed by atoms with van der Waals surface area (Å²) in [6, 6.07) is 0. The zero-order valence-electron chi connectivity index (χ0n) is 10.6. The van der Waals surface area contributed by atoms with Crippen LogP contribution in [0, 0.1) is 12.7 Å². The van der Waals surface area contributed by atoms with Gasteiger partial charge in [0.25, 0.3) is 0 Å². The minimum Gasteiger partial charge on any atom is -0.353 e. The summed E-state index contributed by atoms with van der Waals surface area (Å²) in [6.07, 6.45) is 2.43. The van der Waals surface area contributed by atoms with Crippen LogP contribution in [0.15, 0.2) is 6.33 Å². The lowest BCUT2D eigenvalue weighted by atomic mass is 10.3. The van der Waals surface area contributed by atoms with Crippen molar-refractivity contribution in [3.8, 4) is 0 Å². The minimum atomic E-state index is -0.303. The molecule has 0 N–H and O–H groups in total. The van der Waals surface area contributed by atoms with Gasteiger partial charge in [-0.05, 0) is 19.9 Å². The molecule has 0 aromatic carbocycles. The van der Waals surface area contributed by atoms with Crippen molar-refractivity contribution in [2.75, 3.05) is 43.5 Å². The fourth-order valence-corrected chi connectivity index (χ4v) is 2.43. The number of hydrogen-bond donors (Lipinski definition) is 0. The third kappa shape index (κ3) is 3.09. The van der Waals surface area contributed by atoms with Crippen molar-refractivity contribution in [3.63, 3.8) is 0 Å². The predicted octanol–water partition coefficient (Wildman–Crippen LogP) is 1.68. The molecule has 1 saturated heterocycles. The van der Waals surface area contributed by atoms with Gasteiger partial charge in [0.15, 0.2) is 11.6 Å². The van der Waals surface area contributed by atoms with Crippen molar-refractivity contribution in [2.45, 2.75) is 13.3 Å². The topological polar surface area (TPSA) is 32.3 Å². The molecule has 6 heteroatoms. The van der Waals surface area contributed by atoms with E-state index in [1.807, 2.05) is 4.90 Å². The molecule has 0 spiro atoms. The monoisotopic (exact) mass is 272 g/mol. The fourth-order valence-electron chi connectivity index (χ4n) is 2.19. The molecule has 1 aliphatic heterocycles. The molecule has 0 unspecified atom stereocenters. The number of anilines is 1. The zero-order chi connectivity index (χ0) is 13.0. The molecule has 2 rings (SSSR count). The lowest BCUT2D eigenvalue weighted by Crippen LogP contribution is -2.32. The minimum absolute atomic E-state index is 0.303. The van der Waals surface area contributed by atoms with Gasteiger partial charge in [-0.25, -0.2) is 14.4 Å². The van der Waals surface area contributed by atoms with Gasteiger partial charge >= 0.3 is 0 Å². The molecular formula is C12H18ClFN4. The molecule has 18 heavy (non-hydrogen) atoms. The van der Waals surface area contributed by atoms with E-state index in [0.717, 1.165) is 39.1 Å². The molecular weight excluding hydrogens is 255 g/mol. The van der Waals surface area contributed by atoms with Crippen molar-refractivity contribution >= 4 is 17.4 Å². The molecule has 2 heterocycles. The van der Waals surface area contributed by atoms with Crippen LogP contribution in [-0.4, -0.2) is 53.5 Å². The SMILES string of the molecule is Cc1ncnc(N2CCCN(CCCl)CC2)c1F. The van der Waals surface area contributed by atoms with Gasteiger partial charge in [0.05, 0.1) is 5.69 Å². The van der Waals surface area contributed by atoms with E-state index in [2.05, 4.69) is 14.9 Å². The summed E-state index contributed by atoms with van der Waals surface area (Å²) in [6.45, 7) is 6.07. The van der Waals surface area contributed by atoms with E-state index < -0.39 is 0 Å². The summed E-state index contributed by atoms with van der Waals surface area (Å²) >= 11 is 5.75. The van der Waals surface area contributed by atoms with E-state index in [4.69, 9.17) is 11.6 Å². The number of aromatic nitrogens is 2. The highest BCUT2D eigenvalue weighted by Crippen LogP contribution is 2.18. The number of alkyl halides is 1. The van der Waals surface area contributed by atoms with Gasteiger partial charge in [0.2, 0.25) is 0 Å². The second kappa shape index (κ2) is 6.29. The maximum atomic E-state index is 14.0. The lowest BCUT2D eigenvalue weighted by molar-refractivity contribution is 0.311. The van der Waals surface area contributed by atoms with Crippen molar-refractivity contribution in [1.82, 2.24) is 14.9 Å². The second-order valence-electron chi connectivity index (χ2n) is 4.47. The van der Waals surface area contributed by atoms with Crippen LogP contribution in [0.25, 0.3) is 0 Å². The first-order chi connectivity index (χ1) is 8.72. The highest BCUT2D eigenvalue weighted by atomic mass is 35.5. The Morgan fingerprint density at radius 1 is 1.28 bits per heavy atom. The van der Waals surface area contributed by atoms with Crippen LogP contribution in [0.4, 0.5) is 10.2 Å². The van der Waals surface area contributed by atoms with Crippen molar-refractivity contribution < 1.29 is 4.39 Å². The van der Waals surface area contributed by atoms with E-state index in [0.29, 0.717) is 17.4 Å². The molecule has 0 aliphatic carbocycles. The normalized spacial score (nSPS) is 17.8. The molecule has 1 aromatic heterocycles. The summed E-state index contributed by atoms with van der Waals surface area (Å²) in [7, 11) is 0. The maximum absolute atomic E-state index is 14.0. The first kappa shape index (κ1) is 13.5. The van der Waals surface area contributed by atoms with Gasteiger partial charge in [0.1, 0.15) is 6.33 Å². The number of aryl methyl sites for hydroxylation is 1. The van der Waals surface area contributed by atoms with Crippen LogP contribution < -0.4 is 4.90 Å². The smallest absolute Gasteiger partial charge is 0.186 e. The molecule has 1 aliphatic rings. The highest BCUT2D eigenvalue weighted by Gasteiger charge is 2.19. The van der Waals surface area contributed by atoms with Crippen LogP contribution in [0.2, 0.25) is 0 Å². The predicted molar refractivity (Wildman–Crippen MR) is 70.7 cm³/mol. The summed E-state index contributed by atoms with van der Waals surface area (Å²) in [5, 5.41) is 0. The second-order valence-corrected chi connectivity index (χ2v) is 4.85.